The fourth-order valence-electron chi connectivity index (χ4n) is 0.931. The van der Waals surface area contributed by atoms with Gasteiger partial charge in [-0.1, -0.05) is 0 Å². The Morgan fingerprint density at radius 1 is 1.17 bits per heavy atom. The Kier molecular flexibility index (Phi) is 2.56. The Hall–Kier alpha value is 0.550. The second-order valence-electron chi connectivity index (χ2n) is 2.17. The van der Waals surface area contributed by atoms with Crippen molar-refractivity contribution in [3.63, 3.8) is 0 Å². The van der Waals surface area contributed by atoms with Crippen molar-refractivity contribution >= 4 is 69.2 Å². The topological polar surface area (TPSA) is 12.9 Å². The van der Waals surface area contributed by atoms with Gasteiger partial charge in [0.25, 0.3) is 0 Å². The van der Waals surface area contributed by atoms with Crippen LogP contribution in [-0.4, -0.2) is 4.98 Å². The number of aromatic nitrogens is 1. The van der Waals surface area contributed by atoms with Crippen molar-refractivity contribution in [3.8, 4) is 0 Å². The molecule has 0 saturated carbocycles. The molecule has 0 aliphatic heterocycles. The van der Waals surface area contributed by atoms with Crippen LogP contribution in [0.15, 0.2) is 25.1 Å². The first kappa shape index (κ1) is 9.12. The van der Waals surface area contributed by atoms with Crippen molar-refractivity contribution < 1.29 is 0 Å². The average Bonchev–Trinajstić information content (AvgIpc) is 2.48. The summed E-state index contributed by atoms with van der Waals surface area (Å²) in [6, 6.07) is 2.05. The molecule has 0 N–H and O–H groups in total. The summed E-state index contributed by atoms with van der Waals surface area (Å²) >= 11 is 11.9. The van der Waals surface area contributed by atoms with Crippen LogP contribution in [0.5, 0.6) is 0 Å². The summed E-state index contributed by atoms with van der Waals surface area (Å²) in [7, 11) is 0. The molecule has 0 radical (unpaired) electrons. The lowest BCUT2D eigenvalue weighted by molar-refractivity contribution is 1.25. The number of hydrogen-bond acceptors (Lipinski definition) is 2. The van der Waals surface area contributed by atoms with E-state index in [-0.39, 0.29) is 0 Å². The summed E-state index contributed by atoms with van der Waals surface area (Å²) < 4.78 is 3.96. The molecule has 0 aliphatic rings. The smallest absolute Gasteiger partial charge is 0.123 e. The van der Waals surface area contributed by atoms with Crippen molar-refractivity contribution in [2.45, 2.75) is 0 Å². The molecule has 0 spiro atoms. The van der Waals surface area contributed by atoms with Crippen LogP contribution in [0.4, 0.5) is 0 Å². The molecule has 2 rings (SSSR count). The first-order valence-corrected chi connectivity index (χ1v) is 6.33. The van der Waals surface area contributed by atoms with Crippen LogP contribution in [0.3, 0.4) is 0 Å². The van der Waals surface area contributed by atoms with Gasteiger partial charge in [-0.3, -0.25) is 0 Å². The Morgan fingerprint density at radius 2 is 1.92 bits per heavy atom. The minimum atomic E-state index is 0.837. The quantitative estimate of drug-likeness (QED) is 0.617. The maximum Gasteiger partial charge on any atom is 0.123 e. The number of thiophene rings is 1. The van der Waals surface area contributed by atoms with Gasteiger partial charge in [0.05, 0.1) is 9.17 Å². The summed E-state index contributed by atoms with van der Waals surface area (Å²) in [5.41, 5.74) is 0. The van der Waals surface area contributed by atoms with Crippen LogP contribution in [0.1, 0.15) is 0 Å². The van der Waals surface area contributed by atoms with Gasteiger partial charge < -0.3 is 0 Å². The summed E-state index contributed by atoms with van der Waals surface area (Å²) in [5, 5.41) is 3.20. The highest BCUT2D eigenvalue weighted by Crippen LogP contribution is 2.36. The molecule has 0 unspecified atom stereocenters. The molecule has 0 atom stereocenters. The molecule has 0 aromatic carbocycles. The van der Waals surface area contributed by atoms with Gasteiger partial charge in [-0.25, -0.2) is 4.98 Å². The monoisotopic (exact) mass is 369 g/mol. The molecule has 0 saturated heterocycles. The predicted octanol–water partition coefficient (Wildman–Crippen LogP) is 4.58. The molecule has 0 bridgehead atoms. The Labute approximate surface area is 98.6 Å². The summed E-state index contributed by atoms with van der Waals surface area (Å²) in [6.07, 6.45) is 0. The lowest BCUT2D eigenvalue weighted by atomic mass is 10.3. The third-order valence-corrected chi connectivity index (χ3v) is 5.14. The average molecular weight is 372 g/mol. The van der Waals surface area contributed by atoms with E-state index in [4.69, 9.17) is 0 Å². The maximum atomic E-state index is 4.27. The second kappa shape index (κ2) is 3.36. The number of fused-ring (bicyclic) bond motifs is 1. The van der Waals surface area contributed by atoms with Gasteiger partial charge >= 0.3 is 0 Å². The third kappa shape index (κ3) is 1.36. The Bertz CT molecular complexity index is 437. The van der Waals surface area contributed by atoms with Crippen LogP contribution in [0, 0.1) is 0 Å². The van der Waals surface area contributed by atoms with E-state index in [0.29, 0.717) is 0 Å². The summed E-state index contributed by atoms with van der Waals surface area (Å²) in [5.74, 6) is 0. The van der Waals surface area contributed by atoms with E-state index in [9.17, 15) is 0 Å². The van der Waals surface area contributed by atoms with Crippen molar-refractivity contribution in [2.75, 3.05) is 0 Å². The molecule has 0 aliphatic carbocycles. The van der Waals surface area contributed by atoms with Crippen LogP contribution in [0.25, 0.3) is 10.1 Å². The van der Waals surface area contributed by atoms with Gasteiger partial charge in [0.1, 0.15) is 9.21 Å². The van der Waals surface area contributed by atoms with Crippen LogP contribution in [-0.2, 0) is 0 Å². The molecule has 2 heterocycles. The molecule has 1 nitrogen and oxygen atoms in total. The maximum absolute atomic E-state index is 4.27. The minimum Gasteiger partial charge on any atom is -0.232 e. The molecule has 2 aromatic heterocycles. The van der Waals surface area contributed by atoms with E-state index < -0.39 is 0 Å². The summed E-state index contributed by atoms with van der Waals surface area (Å²) in [4.78, 5) is 4.27. The fraction of sp³-hybridized carbons (Fsp3) is 0. The number of nitrogens with zero attached hydrogens (tertiary/aromatic N) is 1. The molecule has 0 amide bonds. The normalized spacial score (nSPS) is 10.9. The molecule has 2 aromatic rings. The third-order valence-electron chi connectivity index (χ3n) is 1.46. The zero-order chi connectivity index (χ0) is 8.72. The van der Waals surface area contributed by atoms with Gasteiger partial charge in [-0.05, 0) is 59.2 Å². The predicted molar refractivity (Wildman–Crippen MR) is 62.7 cm³/mol. The van der Waals surface area contributed by atoms with Gasteiger partial charge in [0.2, 0.25) is 0 Å². The van der Waals surface area contributed by atoms with Gasteiger partial charge in [0.15, 0.2) is 0 Å². The lowest BCUT2D eigenvalue weighted by Gasteiger charge is -1.98. The Balaban J connectivity index is 2.97. The highest BCUT2D eigenvalue weighted by molar-refractivity contribution is 9.13. The van der Waals surface area contributed by atoms with E-state index in [1.165, 1.54) is 4.70 Å². The minimum absolute atomic E-state index is 0.837. The number of rotatable bonds is 0. The molecular weight excluding hydrogens is 370 g/mol. The van der Waals surface area contributed by atoms with Crippen molar-refractivity contribution in [3.05, 3.63) is 25.1 Å². The van der Waals surface area contributed by atoms with E-state index in [1.54, 1.807) is 11.3 Å². The molecule has 0 fully saturated rings. The van der Waals surface area contributed by atoms with Crippen molar-refractivity contribution in [1.82, 2.24) is 4.98 Å². The zero-order valence-corrected chi connectivity index (χ0v) is 11.2. The standard InChI is InChI=1S/C7H2Br3NS/c8-4-5-3(1-2-12-5)6(9)11-7(4)10/h1-2H. The molecular formula is C7H2Br3NS. The van der Waals surface area contributed by atoms with E-state index in [1.807, 2.05) is 11.4 Å². The largest absolute Gasteiger partial charge is 0.232 e. The second-order valence-corrected chi connectivity index (χ2v) is 5.38. The molecule has 62 valence electrons. The number of halogens is 3. The van der Waals surface area contributed by atoms with Gasteiger partial charge in [-0.2, -0.15) is 0 Å². The van der Waals surface area contributed by atoms with Gasteiger partial charge in [-0.15, -0.1) is 11.3 Å². The fourth-order valence-corrected chi connectivity index (χ4v) is 3.73. The van der Waals surface area contributed by atoms with E-state index in [2.05, 4.69) is 52.8 Å². The number of pyridine rings is 1. The lowest BCUT2D eigenvalue weighted by Crippen LogP contribution is -1.79. The van der Waals surface area contributed by atoms with E-state index >= 15 is 0 Å². The first-order valence-electron chi connectivity index (χ1n) is 3.08. The van der Waals surface area contributed by atoms with Crippen LogP contribution < -0.4 is 0 Å². The first-order chi connectivity index (χ1) is 5.70. The highest BCUT2D eigenvalue weighted by atomic mass is 79.9. The highest BCUT2D eigenvalue weighted by Gasteiger charge is 2.08. The zero-order valence-electron chi connectivity index (χ0n) is 5.64. The summed E-state index contributed by atoms with van der Waals surface area (Å²) in [6.45, 7) is 0. The molecule has 5 heteroatoms. The SMILES string of the molecule is Brc1nc(Br)c2ccsc2c1Br. The number of hydrogen-bond donors (Lipinski definition) is 0. The van der Waals surface area contributed by atoms with Crippen molar-refractivity contribution in [2.24, 2.45) is 0 Å². The molecule has 12 heavy (non-hydrogen) atoms. The Morgan fingerprint density at radius 3 is 2.67 bits per heavy atom. The van der Waals surface area contributed by atoms with E-state index in [0.717, 1.165) is 19.1 Å². The van der Waals surface area contributed by atoms with Crippen molar-refractivity contribution in [1.29, 1.82) is 0 Å². The van der Waals surface area contributed by atoms with Crippen LogP contribution >= 0.6 is 59.1 Å². The van der Waals surface area contributed by atoms with Crippen LogP contribution in [0.2, 0.25) is 0 Å². The van der Waals surface area contributed by atoms with Gasteiger partial charge in [0, 0.05) is 5.39 Å².